The van der Waals surface area contributed by atoms with E-state index in [1.807, 2.05) is 0 Å². The Hall–Kier alpha value is -1.10. The molecule has 0 aliphatic rings. The topological polar surface area (TPSA) is 84.2 Å². The number of primary amides is 1. The van der Waals surface area contributed by atoms with Gasteiger partial charge in [-0.15, -0.1) is 0 Å². The zero-order valence-corrected chi connectivity index (χ0v) is 7.22. The van der Waals surface area contributed by atoms with Gasteiger partial charge in [-0.25, -0.2) is 0 Å². The minimum atomic E-state index is -0.335. The lowest BCUT2D eigenvalue weighted by atomic mass is 10.3. The van der Waals surface area contributed by atoms with Gasteiger partial charge in [0.1, 0.15) is 0 Å². The highest BCUT2D eigenvalue weighted by Gasteiger charge is 1.98. The summed E-state index contributed by atoms with van der Waals surface area (Å²) in [7, 11) is 1.70. The predicted octanol–water partition coefficient (Wildman–Crippen LogP) is -1.41. The third-order valence-corrected chi connectivity index (χ3v) is 1.26. The number of likely N-dealkylation sites (N-methyl/N-ethyl adjacent to an activating group) is 1. The molecule has 2 amide bonds. The molecule has 0 unspecified atom stereocenters. The van der Waals surface area contributed by atoms with E-state index in [4.69, 9.17) is 5.73 Å². The van der Waals surface area contributed by atoms with Gasteiger partial charge in [0, 0.05) is 13.0 Å². The number of nitrogens with two attached hydrogens (primary N) is 1. The van der Waals surface area contributed by atoms with E-state index in [1.165, 1.54) is 0 Å². The molecule has 0 radical (unpaired) electrons. The number of carbonyl (C=O) groups excluding carboxylic acids is 2. The number of hydrogen-bond acceptors (Lipinski definition) is 3. The Morgan fingerprint density at radius 2 is 2.08 bits per heavy atom. The lowest BCUT2D eigenvalue weighted by molar-refractivity contribution is -0.121. The Balaban J connectivity index is 3.19. The van der Waals surface area contributed by atoms with Crippen molar-refractivity contribution in [3.05, 3.63) is 0 Å². The Bertz CT molecular complexity index is 159. The Morgan fingerprint density at radius 1 is 1.42 bits per heavy atom. The summed E-state index contributed by atoms with van der Waals surface area (Å²) in [5.74, 6) is -0.403. The predicted molar refractivity (Wildman–Crippen MR) is 45.4 cm³/mol. The highest BCUT2D eigenvalue weighted by atomic mass is 16.2. The van der Waals surface area contributed by atoms with E-state index in [0.717, 1.165) is 0 Å². The molecule has 12 heavy (non-hydrogen) atoms. The zero-order chi connectivity index (χ0) is 9.40. The molecular weight excluding hydrogens is 158 g/mol. The minimum absolute atomic E-state index is 0.0676. The van der Waals surface area contributed by atoms with Crippen molar-refractivity contribution in [1.29, 1.82) is 0 Å². The van der Waals surface area contributed by atoms with E-state index in [1.54, 1.807) is 7.05 Å². The Labute approximate surface area is 71.7 Å². The van der Waals surface area contributed by atoms with Crippen LogP contribution in [0.3, 0.4) is 0 Å². The van der Waals surface area contributed by atoms with E-state index < -0.39 is 0 Å². The van der Waals surface area contributed by atoms with Crippen LogP contribution in [-0.4, -0.2) is 32.0 Å². The molecule has 0 saturated heterocycles. The maximum absolute atomic E-state index is 10.8. The normalized spacial score (nSPS) is 9.42. The molecule has 0 aromatic heterocycles. The van der Waals surface area contributed by atoms with Crippen LogP contribution in [0.2, 0.25) is 0 Å². The molecule has 4 N–H and O–H groups in total. The van der Waals surface area contributed by atoms with E-state index in [-0.39, 0.29) is 11.8 Å². The fourth-order valence-corrected chi connectivity index (χ4v) is 0.713. The van der Waals surface area contributed by atoms with Crippen molar-refractivity contribution >= 4 is 11.8 Å². The Kier molecular flexibility index (Phi) is 6.00. The van der Waals surface area contributed by atoms with Crippen LogP contribution in [0.4, 0.5) is 0 Å². The van der Waals surface area contributed by atoms with Gasteiger partial charge in [0.25, 0.3) is 0 Å². The third kappa shape index (κ3) is 7.01. The first-order valence-corrected chi connectivity index (χ1v) is 3.86. The van der Waals surface area contributed by atoms with E-state index >= 15 is 0 Å². The Morgan fingerprint density at radius 3 is 2.58 bits per heavy atom. The van der Waals surface area contributed by atoms with Crippen LogP contribution in [0.25, 0.3) is 0 Å². The van der Waals surface area contributed by atoms with Crippen molar-refractivity contribution in [3.8, 4) is 0 Å². The molecule has 0 atom stereocenters. The summed E-state index contributed by atoms with van der Waals surface area (Å²) in [6.07, 6.45) is 0.921. The summed E-state index contributed by atoms with van der Waals surface area (Å²) < 4.78 is 0. The number of rotatable bonds is 6. The second-order valence-corrected chi connectivity index (χ2v) is 2.45. The van der Waals surface area contributed by atoms with Crippen LogP contribution in [0.5, 0.6) is 0 Å². The summed E-state index contributed by atoms with van der Waals surface area (Å²) >= 11 is 0. The largest absolute Gasteiger partial charge is 0.370 e. The molecule has 0 aliphatic heterocycles. The molecule has 0 fully saturated rings. The summed E-state index contributed by atoms with van der Waals surface area (Å²) in [6, 6.07) is 0. The van der Waals surface area contributed by atoms with E-state index in [2.05, 4.69) is 10.6 Å². The van der Waals surface area contributed by atoms with Crippen LogP contribution < -0.4 is 16.4 Å². The quantitative estimate of drug-likeness (QED) is 0.431. The van der Waals surface area contributed by atoms with Crippen LogP contribution in [0.15, 0.2) is 0 Å². The van der Waals surface area contributed by atoms with Gasteiger partial charge in [-0.1, -0.05) is 0 Å². The monoisotopic (exact) mass is 173 g/mol. The SMILES string of the molecule is CNCC(=O)NCCCC(N)=O. The molecule has 0 spiro atoms. The average Bonchev–Trinajstić information content (AvgIpc) is 1.98. The lowest BCUT2D eigenvalue weighted by Gasteiger charge is -2.02. The molecule has 0 heterocycles. The van der Waals surface area contributed by atoms with Gasteiger partial charge >= 0.3 is 0 Å². The second-order valence-electron chi connectivity index (χ2n) is 2.45. The van der Waals surface area contributed by atoms with E-state index in [0.29, 0.717) is 25.9 Å². The van der Waals surface area contributed by atoms with Gasteiger partial charge in [-0.05, 0) is 13.5 Å². The van der Waals surface area contributed by atoms with Crippen LogP contribution >= 0.6 is 0 Å². The van der Waals surface area contributed by atoms with Crippen LogP contribution in [0, 0.1) is 0 Å². The fraction of sp³-hybridized carbons (Fsp3) is 0.714. The third-order valence-electron chi connectivity index (χ3n) is 1.26. The molecule has 70 valence electrons. The number of hydrogen-bond donors (Lipinski definition) is 3. The van der Waals surface area contributed by atoms with Gasteiger partial charge in [-0.3, -0.25) is 9.59 Å². The number of nitrogens with one attached hydrogen (secondary N) is 2. The van der Waals surface area contributed by atoms with Gasteiger partial charge in [0.05, 0.1) is 6.54 Å². The van der Waals surface area contributed by atoms with Crippen molar-refractivity contribution in [2.75, 3.05) is 20.1 Å². The smallest absolute Gasteiger partial charge is 0.233 e. The van der Waals surface area contributed by atoms with Gasteiger partial charge in [0.2, 0.25) is 11.8 Å². The first kappa shape index (κ1) is 10.9. The van der Waals surface area contributed by atoms with Crippen LogP contribution in [-0.2, 0) is 9.59 Å². The summed E-state index contributed by atoms with van der Waals surface area (Å²) in [5.41, 5.74) is 4.90. The molecule has 0 bridgehead atoms. The lowest BCUT2D eigenvalue weighted by Crippen LogP contribution is -2.33. The molecule has 0 saturated carbocycles. The van der Waals surface area contributed by atoms with Crippen molar-refractivity contribution in [2.24, 2.45) is 5.73 Å². The molecule has 0 aliphatic carbocycles. The van der Waals surface area contributed by atoms with Gasteiger partial charge in [0.15, 0.2) is 0 Å². The highest BCUT2D eigenvalue weighted by Crippen LogP contribution is 1.83. The number of carbonyl (C=O) groups is 2. The standard InChI is InChI=1S/C7H15N3O2/c1-9-5-7(12)10-4-2-3-6(8)11/h9H,2-5H2,1H3,(H2,8,11)(H,10,12). The summed E-state index contributed by atoms with van der Waals surface area (Å²) in [4.78, 5) is 21.1. The molecule has 5 heteroatoms. The second kappa shape index (κ2) is 6.60. The van der Waals surface area contributed by atoms with Crippen molar-refractivity contribution < 1.29 is 9.59 Å². The molecule has 0 aromatic carbocycles. The molecule has 5 nitrogen and oxygen atoms in total. The molecular formula is C7H15N3O2. The number of amides is 2. The minimum Gasteiger partial charge on any atom is -0.370 e. The van der Waals surface area contributed by atoms with Crippen LogP contribution in [0.1, 0.15) is 12.8 Å². The maximum Gasteiger partial charge on any atom is 0.233 e. The average molecular weight is 173 g/mol. The zero-order valence-electron chi connectivity index (χ0n) is 7.22. The summed E-state index contributed by atoms with van der Waals surface area (Å²) in [6.45, 7) is 0.806. The maximum atomic E-state index is 10.8. The first-order valence-electron chi connectivity index (χ1n) is 3.86. The van der Waals surface area contributed by atoms with E-state index in [9.17, 15) is 9.59 Å². The highest BCUT2D eigenvalue weighted by molar-refractivity contribution is 5.78. The first-order chi connectivity index (χ1) is 5.66. The van der Waals surface area contributed by atoms with Crippen molar-refractivity contribution in [1.82, 2.24) is 10.6 Å². The van der Waals surface area contributed by atoms with Crippen molar-refractivity contribution in [3.63, 3.8) is 0 Å². The fourth-order valence-electron chi connectivity index (χ4n) is 0.713. The van der Waals surface area contributed by atoms with Crippen molar-refractivity contribution in [2.45, 2.75) is 12.8 Å². The van der Waals surface area contributed by atoms with Gasteiger partial charge in [-0.2, -0.15) is 0 Å². The molecule has 0 rings (SSSR count). The summed E-state index contributed by atoms with van der Waals surface area (Å²) in [5, 5.41) is 5.34. The van der Waals surface area contributed by atoms with Gasteiger partial charge < -0.3 is 16.4 Å². The molecule has 0 aromatic rings.